The molecule has 4 nitrogen and oxygen atoms in total. The summed E-state index contributed by atoms with van der Waals surface area (Å²) in [4.78, 5) is 11.9. The first-order chi connectivity index (χ1) is 8.75. The van der Waals surface area contributed by atoms with Crippen molar-refractivity contribution in [3.63, 3.8) is 0 Å². The van der Waals surface area contributed by atoms with Crippen LogP contribution < -0.4 is 11.0 Å². The molecule has 18 heavy (non-hydrogen) atoms. The van der Waals surface area contributed by atoms with Crippen LogP contribution in [0.4, 0.5) is 0 Å². The predicted octanol–water partition coefficient (Wildman–Crippen LogP) is 1.25. The van der Waals surface area contributed by atoms with E-state index in [1.165, 1.54) is 12.0 Å². The Bertz CT molecular complexity index is 605. The largest absolute Gasteiger partial charge is 0.332 e. The first-order valence-electron chi connectivity index (χ1n) is 6.31. The lowest BCUT2D eigenvalue weighted by molar-refractivity contribution is 0.760. The Labute approximate surface area is 106 Å². The van der Waals surface area contributed by atoms with Crippen LogP contribution in [0.3, 0.4) is 0 Å². The molecule has 0 bridgehead atoms. The summed E-state index contributed by atoms with van der Waals surface area (Å²) in [6.45, 7) is 2.12. The van der Waals surface area contributed by atoms with E-state index >= 15 is 0 Å². The van der Waals surface area contributed by atoms with E-state index in [1.807, 2.05) is 18.3 Å². The van der Waals surface area contributed by atoms with Gasteiger partial charge in [-0.1, -0.05) is 12.1 Å². The summed E-state index contributed by atoms with van der Waals surface area (Å²) < 4.78 is 3.27. The van der Waals surface area contributed by atoms with Crippen molar-refractivity contribution >= 4 is 0 Å². The van der Waals surface area contributed by atoms with Crippen molar-refractivity contribution in [2.24, 2.45) is 7.05 Å². The third-order valence-electron chi connectivity index (χ3n) is 3.63. The van der Waals surface area contributed by atoms with E-state index in [0.29, 0.717) is 5.92 Å². The minimum Gasteiger partial charge on any atom is -0.316 e. The minimum atomic E-state index is -0.00306. The maximum absolute atomic E-state index is 11.9. The van der Waals surface area contributed by atoms with Crippen LogP contribution in [-0.2, 0) is 7.05 Å². The average molecular weight is 243 g/mol. The van der Waals surface area contributed by atoms with Gasteiger partial charge in [0.1, 0.15) is 0 Å². The van der Waals surface area contributed by atoms with E-state index < -0.39 is 0 Å². The van der Waals surface area contributed by atoms with E-state index in [-0.39, 0.29) is 5.69 Å². The first kappa shape index (κ1) is 11.3. The van der Waals surface area contributed by atoms with Gasteiger partial charge in [-0.05, 0) is 36.6 Å². The highest BCUT2D eigenvalue weighted by molar-refractivity contribution is 5.37. The van der Waals surface area contributed by atoms with Crippen molar-refractivity contribution in [1.29, 1.82) is 0 Å². The van der Waals surface area contributed by atoms with Crippen LogP contribution in [0.1, 0.15) is 17.9 Å². The Hall–Kier alpha value is -1.81. The normalized spacial score (nSPS) is 19.3. The first-order valence-corrected chi connectivity index (χ1v) is 6.31. The lowest BCUT2D eigenvalue weighted by Gasteiger charge is -2.10. The molecule has 0 amide bonds. The lowest BCUT2D eigenvalue weighted by Crippen LogP contribution is -2.20. The Balaban J connectivity index is 2.00. The molecule has 2 aromatic rings. The fourth-order valence-corrected chi connectivity index (χ4v) is 2.53. The summed E-state index contributed by atoms with van der Waals surface area (Å²) >= 11 is 0. The second kappa shape index (κ2) is 4.46. The molecule has 1 atom stereocenters. The Morgan fingerprint density at radius 2 is 2.22 bits per heavy atom. The smallest absolute Gasteiger partial charge is 0.316 e. The van der Waals surface area contributed by atoms with E-state index in [1.54, 1.807) is 22.4 Å². The van der Waals surface area contributed by atoms with Crippen LogP contribution in [0.25, 0.3) is 5.69 Å². The van der Waals surface area contributed by atoms with Crippen LogP contribution in [0.15, 0.2) is 41.5 Å². The third kappa shape index (κ3) is 1.88. The zero-order chi connectivity index (χ0) is 12.5. The Morgan fingerprint density at radius 1 is 1.33 bits per heavy atom. The van der Waals surface area contributed by atoms with Crippen molar-refractivity contribution in [2.75, 3.05) is 13.1 Å². The predicted molar refractivity (Wildman–Crippen MR) is 71.2 cm³/mol. The molecule has 4 heteroatoms. The number of hydrogen-bond acceptors (Lipinski definition) is 2. The number of imidazole rings is 1. The van der Waals surface area contributed by atoms with Gasteiger partial charge in [-0.15, -0.1) is 0 Å². The second-order valence-corrected chi connectivity index (χ2v) is 4.85. The Kier molecular flexibility index (Phi) is 2.80. The zero-order valence-electron chi connectivity index (χ0n) is 10.5. The number of benzene rings is 1. The second-order valence-electron chi connectivity index (χ2n) is 4.85. The van der Waals surface area contributed by atoms with E-state index in [9.17, 15) is 4.79 Å². The van der Waals surface area contributed by atoms with Crippen LogP contribution in [0, 0.1) is 0 Å². The highest BCUT2D eigenvalue weighted by atomic mass is 16.1. The fourth-order valence-electron chi connectivity index (χ4n) is 2.53. The molecule has 1 aromatic heterocycles. The van der Waals surface area contributed by atoms with Crippen LogP contribution in [0.5, 0.6) is 0 Å². The summed E-state index contributed by atoms with van der Waals surface area (Å²) in [5.41, 5.74) is 2.26. The summed E-state index contributed by atoms with van der Waals surface area (Å²) in [5, 5.41) is 3.37. The maximum Gasteiger partial charge on any atom is 0.332 e. The topological polar surface area (TPSA) is 39.0 Å². The lowest BCUT2D eigenvalue weighted by atomic mass is 9.98. The number of nitrogens with one attached hydrogen (secondary N) is 1. The molecule has 1 fully saturated rings. The molecule has 1 aromatic carbocycles. The number of rotatable bonds is 2. The number of aryl methyl sites for hydroxylation is 1. The van der Waals surface area contributed by atoms with Crippen molar-refractivity contribution in [1.82, 2.24) is 14.5 Å². The van der Waals surface area contributed by atoms with Crippen LogP contribution in [0.2, 0.25) is 0 Å². The molecule has 1 unspecified atom stereocenters. The zero-order valence-corrected chi connectivity index (χ0v) is 10.5. The Morgan fingerprint density at radius 3 is 2.89 bits per heavy atom. The molecule has 94 valence electrons. The maximum atomic E-state index is 11.9. The monoisotopic (exact) mass is 243 g/mol. The van der Waals surface area contributed by atoms with Crippen molar-refractivity contribution < 1.29 is 0 Å². The van der Waals surface area contributed by atoms with Crippen molar-refractivity contribution in [3.8, 4) is 5.69 Å². The minimum absolute atomic E-state index is 0.00306. The van der Waals surface area contributed by atoms with Gasteiger partial charge in [-0.25, -0.2) is 4.79 Å². The molecule has 1 aliphatic rings. The summed E-state index contributed by atoms with van der Waals surface area (Å²) in [5.74, 6) is 0.573. The van der Waals surface area contributed by atoms with Gasteiger partial charge in [0.05, 0.1) is 5.69 Å². The fraction of sp³-hybridized carbons (Fsp3) is 0.357. The summed E-state index contributed by atoms with van der Waals surface area (Å²) in [6, 6.07) is 8.28. The molecule has 0 saturated carbocycles. The molecule has 1 saturated heterocycles. The van der Waals surface area contributed by atoms with Gasteiger partial charge in [-0.3, -0.25) is 4.57 Å². The molecule has 3 rings (SSSR count). The van der Waals surface area contributed by atoms with Gasteiger partial charge in [0.15, 0.2) is 0 Å². The van der Waals surface area contributed by atoms with Crippen LogP contribution in [-0.4, -0.2) is 22.2 Å². The molecule has 1 aliphatic heterocycles. The van der Waals surface area contributed by atoms with Crippen molar-refractivity contribution in [2.45, 2.75) is 12.3 Å². The highest BCUT2D eigenvalue weighted by Gasteiger charge is 2.17. The number of aromatic nitrogens is 2. The van der Waals surface area contributed by atoms with Gasteiger partial charge < -0.3 is 9.88 Å². The van der Waals surface area contributed by atoms with E-state index in [2.05, 4.69) is 17.4 Å². The standard InChI is InChI=1S/C14H17N3O/c1-16-7-8-17(14(16)18)13-4-2-3-11(9-13)12-5-6-15-10-12/h2-4,7-9,12,15H,5-6,10H2,1H3. The third-order valence-corrected chi connectivity index (χ3v) is 3.63. The molecular weight excluding hydrogens is 226 g/mol. The van der Waals surface area contributed by atoms with E-state index in [4.69, 9.17) is 0 Å². The van der Waals surface area contributed by atoms with Crippen molar-refractivity contribution in [3.05, 3.63) is 52.7 Å². The number of nitrogens with zero attached hydrogens (tertiary/aromatic N) is 2. The molecule has 0 radical (unpaired) electrons. The SMILES string of the molecule is Cn1ccn(-c2cccc(C3CCNC3)c2)c1=O. The van der Waals surface area contributed by atoms with Crippen LogP contribution >= 0.6 is 0 Å². The van der Waals surface area contributed by atoms with Gasteiger partial charge in [0.25, 0.3) is 0 Å². The van der Waals surface area contributed by atoms with Gasteiger partial charge in [-0.2, -0.15) is 0 Å². The van der Waals surface area contributed by atoms with Gasteiger partial charge >= 0.3 is 5.69 Å². The van der Waals surface area contributed by atoms with Gasteiger partial charge in [0, 0.05) is 26.0 Å². The molecule has 2 heterocycles. The van der Waals surface area contributed by atoms with E-state index in [0.717, 1.165) is 18.8 Å². The molecule has 1 N–H and O–H groups in total. The molecule has 0 aliphatic carbocycles. The quantitative estimate of drug-likeness (QED) is 0.862. The van der Waals surface area contributed by atoms with Gasteiger partial charge in [0.2, 0.25) is 0 Å². The highest BCUT2D eigenvalue weighted by Crippen LogP contribution is 2.23. The number of hydrogen-bond donors (Lipinski definition) is 1. The average Bonchev–Trinajstić information content (AvgIpc) is 3.02. The summed E-state index contributed by atoms with van der Waals surface area (Å²) in [6.07, 6.45) is 4.77. The molecular formula is C14H17N3O. The summed E-state index contributed by atoms with van der Waals surface area (Å²) in [7, 11) is 1.77. The molecule has 0 spiro atoms.